The van der Waals surface area contributed by atoms with E-state index in [-0.39, 0.29) is 30.9 Å². The first-order chi connectivity index (χ1) is 17.1. The van der Waals surface area contributed by atoms with Crippen LogP contribution in [0.5, 0.6) is 0 Å². The van der Waals surface area contributed by atoms with Gasteiger partial charge in [-0.25, -0.2) is 4.98 Å². The summed E-state index contributed by atoms with van der Waals surface area (Å²) in [6, 6.07) is 1.43. The van der Waals surface area contributed by atoms with E-state index in [1.54, 1.807) is 0 Å². The van der Waals surface area contributed by atoms with Gasteiger partial charge in [-0.2, -0.15) is 9.97 Å². The van der Waals surface area contributed by atoms with Crippen LogP contribution in [0.4, 0.5) is 11.8 Å². The summed E-state index contributed by atoms with van der Waals surface area (Å²) in [6.45, 7) is 3.74. The summed E-state index contributed by atoms with van der Waals surface area (Å²) in [5.41, 5.74) is 7.90. The van der Waals surface area contributed by atoms with Crippen molar-refractivity contribution in [3.05, 3.63) is 6.33 Å². The molecule has 0 bridgehead atoms. The van der Waals surface area contributed by atoms with Gasteiger partial charge in [0.1, 0.15) is 0 Å². The minimum absolute atomic E-state index is 0. The molecule has 0 radical (unpaired) electrons. The third-order valence-electron chi connectivity index (χ3n) is 8.18. The van der Waals surface area contributed by atoms with Gasteiger partial charge in [0.25, 0.3) is 0 Å². The number of hydrogen-bond donors (Lipinski definition) is 3. The predicted molar refractivity (Wildman–Crippen MR) is 154 cm³/mol. The molecule has 0 atom stereocenters. The van der Waals surface area contributed by atoms with Crippen molar-refractivity contribution in [1.82, 2.24) is 24.4 Å². The van der Waals surface area contributed by atoms with Crippen molar-refractivity contribution < 1.29 is 4.79 Å². The predicted octanol–water partition coefficient (Wildman–Crippen LogP) is 5.06. The Morgan fingerprint density at radius 2 is 1.65 bits per heavy atom. The Kier molecular flexibility index (Phi) is 11.1. The zero-order chi connectivity index (χ0) is 24.2. The van der Waals surface area contributed by atoms with E-state index in [2.05, 4.69) is 22.1 Å². The number of piperidine rings is 1. The fourth-order valence-corrected chi connectivity index (χ4v) is 5.93. The summed E-state index contributed by atoms with van der Waals surface area (Å²) in [7, 11) is 0. The smallest absolute Gasteiger partial charge is 0.227 e. The van der Waals surface area contributed by atoms with Crippen LogP contribution in [0, 0.1) is 0 Å². The molecular weight excluding hydrogens is 511 g/mol. The zero-order valence-electron chi connectivity index (χ0n) is 22.0. The summed E-state index contributed by atoms with van der Waals surface area (Å²) < 4.78 is 2.27. The fraction of sp³-hybridized carbons (Fsp3) is 0.769. The number of fused-ring (bicyclic) bond motifs is 1. The number of carbonyl (C=O) groups is 1. The second kappa shape index (κ2) is 13.8. The van der Waals surface area contributed by atoms with Crippen LogP contribution in [0.1, 0.15) is 96.4 Å². The topological polar surface area (TPSA) is 114 Å². The highest BCUT2D eigenvalue weighted by molar-refractivity contribution is 5.86. The van der Waals surface area contributed by atoms with Crippen molar-refractivity contribution in [2.75, 3.05) is 23.7 Å². The monoisotopic (exact) mass is 554 g/mol. The Labute approximate surface area is 233 Å². The molecule has 0 spiro atoms. The lowest BCUT2D eigenvalue weighted by Gasteiger charge is -2.33. The molecule has 1 saturated heterocycles. The second-order valence-corrected chi connectivity index (χ2v) is 10.8. The van der Waals surface area contributed by atoms with Crippen molar-refractivity contribution in [3.8, 4) is 0 Å². The maximum atomic E-state index is 12.4. The minimum Gasteiger partial charge on any atom is -0.365 e. The summed E-state index contributed by atoms with van der Waals surface area (Å²) in [6.07, 6.45) is 15.6. The Bertz CT molecular complexity index is 996. The molecular formula is C26H44Cl2N8O. The standard InChI is InChI=1S/C26H42N8O.2ClH/c1-2-3-8-22(35)33-15-13-20(14-16-33)29-24-23-25(34(17-28-23)21-6-4-5-7-21)32-26(31-24)30-19-11-9-18(27)10-12-19;;/h17-21H,2-16,27H2,1H3,(H2,29,30,31,32);2*1H. The molecule has 2 aromatic rings. The number of anilines is 2. The molecule has 2 aromatic heterocycles. The summed E-state index contributed by atoms with van der Waals surface area (Å²) >= 11 is 0. The van der Waals surface area contributed by atoms with Crippen LogP contribution >= 0.6 is 24.8 Å². The van der Waals surface area contributed by atoms with Gasteiger partial charge in [-0.05, 0) is 57.8 Å². The van der Waals surface area contributed by atoms with Gasteiger partial charge >= 0.3 is 0 Å². The van der Waals surface area contributed by atoms with Gasteiger partial charge in [0.05, 0.1) is 6.33 Å². The number of likely N-dealkylation sites (tertiary alicyclic amines) is 1. The summed E-state index contributed by atoms with van der Waals surface area (Å²) in [5.74, 6) is 1.80. The van der Waals surface area contributed by atoms with E-state index in [0.717, 1.165) is 81.4 Å². The lowest BCUT2D eigenvalue weighted by atomic mass is 9.92. The molecule has 11 heteroatoms. The molecule has 2 saturated carbocycles. The van der Waals surface area contributed by atoms with Gasteiger partial charge in [0, 0.05) is 43.7 Å². The van der Waals surface area contributed by atoms with Crippen LogP contribution in [-0.2, 0) is 4.79 Å². The van der Waals surface area contributed by atoms with Crippen molar-refractivity contribution >= 4 is 53.7 Å². The highest BCUT2D eigenvalue weighted by Crippen LogP contribution is 2.34. The maximum absolute atomic E-state index is 12.4. The third kappa shape index (κ3) is 7.18. The number of amides is 1. The molecule has 208 valence electrons. The lowest BCUT2D eigenvalue weighted by Crippen LogP contribution is -2.42. The van der Waals surface area contributed by atoms with E-state index in [4.69, 9.17) is 20.7 Å². The lowest BCUT2D eigenvalue weighted by molar-refractivity contribution is -0.132. The molecule has 2 aliphatic carbocycles. The number of aromatic nitrogens is 4. The molecule has 4 N–H and O–H groups in total. The number of carbonyl (C=O) groups excluding carboxylic acids is 1. The zero-order valence-corrected chi connectivity index (χ0v) is 23.7. The molecule has 1 aliphatic heterocycles. The Morgan fingerprint density at radius 3 is 2.32 bits per heavy atom. The van der Waals surface area contributed by atoms with Crippen LogP contribution < -0.4 is 16.4 Å². The molecule has 1 amide bonds. The first kappa shape index (κ1) is 29.7. The highest BCUT2D eigenvalue weighted by atomic mass is 35.5. The van der Waals surface area contributed by atoms with Crippen LogP contribution in [0.2, 0.25) is 0 Å². The third-order valence-corrected chi connectivity index (χ3v) is 8.18. The molecule has 37 heavy (non-hydrogen) atoms. The van der Waals surface area contributed by atoms with Crippen LogP contribution in [0.25, 0.3) is 11.2 Å². The van der Waals surface area contributed by atoms with Crippen molar-refractivity contribution in [2.45, 2.75) is 115 Å². The van der Waals surface area contributed by atoms with Crippen molar-refractivity contribution in [2.24, 2.45) is 5.73 Å². The van der Waals surface area contributed by atoms with Gasteiger partial charge in [0.2, 0.25) is 11.9 Å². The largest absolute Gasteiger partial charge is 0.365 e. The fourth-order valence-electron chi connectivity index (χ4n) is 5.93. The number of nitrogens with zero attached hydrogens (tertiary/aromatic N) is 5. The van der Waals surface area contributed by atoms with Gasteiger partial charge in [-0.3, -0.25) is 4.79 Å². The number of hydrogen-bond acceptors (Lipinski definition) is 7. The molecule has 5 rings (SSSR count). The minimum atomic E-state index is 0. The number of rotatable bonds is 8. The molecule has 0 unspecified atom stereocenters. The number of unbranched alkanes of at least 4 members (excludes halogenated alkanes) is 1. The number of nitrogens with two attached hydrogens (primary N) is 1. The molecule has 9 nitrogen and oxygen atoms in total. The van der Waals surface area contributed by atoms with E-state index >= 15 is 0 Å². The normalized spacial score (nSPS) is 22.9. The second-order valence-electron chi connectivity index (χ2n) is 10.8. The van der Waals surface area contributed by atoms with E-state index in [9.17, 15) is 4.79 Å². The van der Waals surface area contributed by atoms with E-state index in [0.29, 0.717) is 36.4 Å². The highest BCUT2D eigenvalue weighted by Gasteiger charge is 2.27. The first-order valence-electron chi connectivity index (χ1n) is 13.9. The summed E-state index contributed by atoms with van der Waals surface area (Å²) in [4.78, 5) is 29.1. The molecule has 3 aliphatic rings. The average molecular weight is 556 g/mol. The Balaban J connectivity index is 0.00000190. The SMILES string of the molecule is CCCCC(=O)N1CCC(Nc2nc(NC3CCC(N)CC3)nc3c2ncn3C2CCCC2)CC1.Cl.Cl. The molecule has 3 fully saturated rings. The van der Waals surface area contributed by atoms with Crippen molar-refractivity contribution in [3.63, 3.8) is 0 Å². The van der Waals surface area contributed by atoms with E-state index < -0.39 is 0 Å². The Morgan fingerprint density at radius 1 is 0.973 bits per heavy atom. The number of imidazole rings is 1. The van der Waals surface area contributed by atoms with Gasteiger partial charge in [-0.1, -0.05) is 26.2 Å². The first-order valence-corrected chi connectivity index (χ1v) is 13.9. The van der Waals surface area contributed by atoms with E-state index in [1.807, 2.05) is 11.2 Å². The van der Waals surface area contributed by atoms with Gasteiger partial charge in [0.15, 0.2) is 17.0 Å². The van der Waals surface area contributed by atoms with Crippen LogP contribution in [0.15, 0.2) is 6.33 Å². The average Bonchev–Trinajstić information content (AvgIpc) is 3.54. The van der Waals surface area contributed by atoms with Crippen LogP contribution in [-0.4, -0.2) is 61.5 Å². The maximum Gasteiger partial charge on any atom is 0.227 e. The van der Waals surface area contributed by atoms with Crippen LogP contribution in [0.3, 0.4) is 0 Å². The Hall–Kier alpha value is -1.84. The molecule has 3 heterocycles. The summed E-state index contributed by atoms with van der Waals surface area (Å²) in [5, 5.41) is 7.30. The van der Waals surface area contributed by atoms with Gasteiger partial charge < -0.3 is 25.8 Å². The van der Waals surface area contributed by atoms with E-state index in [1.165, 1.54) is 25.7 Å². The van der Waals surface area contributed by atoms with Crippen molar-refractivity contribution in [1.29, 1.82) is 0 Å². The quantitative estimate of drug-likeness (QED) is 0.417. The van der Waals surface area contributed by atoms with Gasteiger partial charge in [-0.15, -0.1) is 24.8 Å². The number of halogens is 2. The molecule has 0 aromatic carbocycles. The number of nitrogens with one attached hydrogen (secondary N) is 2.